The first-order chi connectivity index (χ1) is 11.7. The van der Waals surface area contributed by atoms with Gasteiger partial charge in [-0.3, -0.25) is 4.90 Å². The van der Waals surface area contributed by atoms with Gasteiger partial charge in [0.25, 0.3) is 0 Å². The lowest BCUT2D eigenvalue weighted by Gasteiger charge is -2.29. The number of carboxylic acid groups (broad SMARTS) is 1. The summed E-state index contributed by atoms with van der Waals surface area (Å²) in [7, 11) is 0. The molecule has 0 bridgehead atoms. The maximum atomic E-state index is 11.4. The van der Waals surface area contributed by atoms with Crippen LogP contribution in [0.5, 0.6) is 0 Å². The largest absolute Gasteiger partial charge is 0.465 e. The second kappa shape index (κ2) is 6.45. The minimum atomic E-state index is -0.828. The van der Waals surface area contributed by atoms with Crippen LogP contribution in [0.1, 0.15) is 11.3 Å². The summed E-state index contributed by atoms with van der Waals surface area (Å²) in [6.07, 6.45) is -0.0298. The number of rotatable bonds is 3. The highest BCUT2D eigenvalue weighted by Gasteiger charge is 2.26. The van der Waals surface area contributed by atoms with Gasteiger partial charge in [-0.15, -0.1) is 0 Å². The summed E-state index contributed by atoms with van der Waals surface area (Å²) in [5, 5.41) is 10.6. The van der Waals surface area contributed by atoms with Crippen molar-refractivity contribution in [3.63, 3.8) is 0 Å². The first-order valence-electron chi connectivity index (χ1n) is 8.61. The van der Waals surface area contributed by atoms with Gasteiger partial charge >= 0.3 is 6.09 Å². The number of ether oxygens (including phenoxy) is 1. The van der Waals surface area contributed by atoms with Gasteiger partial charge < -0.3 is 19.3 Å². The maximum Gasteiger partial charge on any atom is 0.407 e. The van der Waals surface area contributed by atoms with E-state index in [0.717, 1.165) is 51.5 Å². The van der Waals surface area contributed by atoms with Gasteiger partial charge in [0, 0.05) is 49.3 Å². The molecular weight excluding hydrogens is 306 g/mol. The Morgan fingerprint density at radius 1 is 1.12 bits per heavy atom. The highest BCUT2D eigenvalue weighted by molar-refractivity contribution is 5.86. The average molecular weight is 329 g/mol. The minimum absolute atomic E-state index is 0.489. The first-order valence-corrected chi connectivity index (χ1v) is 8.61. The number of nitrogens with zero attached hydrogens (tertiary/aromatic N) is 3. The van der Waals surface area contributed by atoms with Crippen LogP contribution < -0.4 is 0 Å². The topological polar surface area (TPSA) is 57.9 Å². The second-order valence-corrected chi connectivity index (χ2v) is 6.50. The molecule has 1 aromatic heterocycles. The number of morpholine rings is 1. The summed E-state index contributed by atoms with van der Waals surface area (Å²) in [5.41, 5.74) is 3.71. The van der Waals surface area contributed by atoms with Crippen LogP contribution in [-0.4, -0.2) is 65.0 Å². The molecule has 4 rings (SSSR count). The van der Waals surface area contributed by atoms with Crippen molar-refractivity contribution in [1.82, 2.24) is 14.4 Å². The number of para-hydroxylation sites is 1. The number of fused-ring (bicyclic) bond motifs is 3. The SMILES string of the molecule is O=C(O)N1CCc2c(n(CCN3CCOCC3)c3ccccc23)C1. The number of amides is 1. The van der Waals surface area contributed by atoms with Gasteiger partial charge in [-0.2, -0.15) is 0 Å². The van der Waals surface area contributed by atoms with Crippen LogP contribution in [0.4, 0.5) is 4.79 Å². The molecule has 0 aliphatic carbocycles. The van der Waals surface area contributed by atoms with Crippen molar-refractivity contribution in [1.29, 1.82) is 0 Å². The van der Waals surface area contributed by atoms with Gasteiger partial charge in [0.2, 0.25) is 0 Å². The van der Waals surface area contributed by atoms with Crippen LogP contribution in [0.25, 0.3) is 10.9 Å². The molecule has 1 aromatic carbocycles. The Bertz CT molecular complexity index is 749. The maximum absolute atomic E-state index is 11.4. The van der Waals surface area contributed by atoms with Crippen LogP contribution in [-0.2, 0) is 24.2 Å². The molecule has 6 nitrogen and oxygen atoms in total. The predicted octanol–water partition coefficient (Wildman–Crippen LogP) is 2.01. The minimum Gasteiger partial charge on any atom is -0.465 e. The number of carbonyl (C=O) groups is 1. The summed E-state index contributed by atoms with van der Waals surface area (Å²) in [6, 6.07) is 8.44. The lowest BCUT2D eigenvalue weighted by atomic mass is 10.0. The Labute approximate surface area is 141 Å². The Morgan fingerprint density at radius 2 is 1.92 bits per heavy atom. The van der Waals surface area contributed by atoms with E-state index in [1.54, 1.807) is 0 Å². The summed E-state index contributed by atoms with van der Waals surface area (Å²) < 4.78 is 7.75. The lowest BCUT2D eigenvalue weighted by Crippen LogP contribution is -2.39. The van der Waals surface area contributed by atoms with Gasteiger partial charge in [0.1, 0.15) is 0 Å². The molecule has 0 atom stereocenters. The van der Waals surface area contributed by atoms with Crippen LogP contribution in [0.15, 0.2) is 24.3 Å². The van der Waals surface area contributed by atoms with Crippen molar-refractivity contribution < 1.29 is 14.6 Å². The summed E-state index contributed by atoms with van der Waals surface area (Å²) in [6.45, 7) is 6.49. The number of aromatic nitrogens is 1. The van der Waals surface area contributed by atoms with E-state index in [2.05, 4.69) is 33.7 Å². The van der Waals surface area contributed by atoms with Crippen molar-refractivity contribution in [2.45, 2.75) is 19.5 Å². The first kappa shape index (κ1) is 15.5. The fourth-order valence-electron chi connectivity index (χ4n) is 3.88. The number of benzene rings is 1. The van der Waals surface area contributed by atoms with E-state index >= 15 is 0 Å². The highest BCUT2D eigenvalue weighted by Crippen LogP contribution is 2.30. The highest BCUT2D eigenvalue weighted by atomic mass is 16.5. The van der Waals surface area contributed by atoms with E-state index in [9.17, 15) is 9.90 Å². The molecule has 3 heterocycles. The molecular formula is C18H23N3O3. The fraction of sp³-hybridized carbons (Fsp3) is 0.500. The molecule has 128 valence electrons. The Kier molecular flexibility index (Phi) is 4.16. The smallest absolute Gasteiger partial charge is 0.407 e. The molecule has 0 unspecified atom stereocenters. The van der Waals surface area contributed by atoms with Crippen molar-refractivity contribution in [2.75, 3.05) is 39.4 Å². The average Bonchev–Trinajstić information content (AvgIpc) is 2.94. The zero-order valence-corrected chi connectivity index (χ0v) is 13.8. The molecule has 2 aliphatic rings. The molecule has 2 aromatic rings. The van der Waals surface area contributed by atoms with Crippen LogP contribution >= 0.6 is 0 Å². The molecule has 1 fully saturated rings. The standard InChI is InChI=1S/C18H23N3O3/c22-18(23)20-6-5-15-14-3-1-2-4-16(14)21(17(15)13-20)8-7-19-9-11-24-12-10-19/h1-4H,5-13H2,(H,22,23). The monoisotopic (exact) mass is 329 g/mol. The zero-order chi connectivity index (χ0) is 16.5. The normalized spacial score (nSPS) is 18.8. The van der Waals surface area contributed by atoms with E-state index in [-0.39, 0.29) is 0 Å². The van der Waals surface area contributed by atoms with Gasteiger partial charge in [-0.1, -0.05) is 18.2 Å². The third kappa shape index (κ3) is 2.76. The third-order valence-electron chi connectivity index (χ3n) is 5.18. The molecule has 1 saturated heterocycles. The molecule has 24 heavy (non-hydrogen) atoms. The summed E-state index contributed by atoms with van der Waals surface area (Å²) in [4.78, 5) is 15.3. The van der Waals surface area contributed by atoms with Gasteiger partial charge in [-0.05, 0) is 18.1 Å². The number of hydrogen-bond acceptors (Lipinski definition) is 3. The van der Waals surface area contributed by atoms with E-state index in [4.69, 9.17) is 4.74 Å². The predicted molar refractivity (Wildman–Crippen MR) is 91.3 cm³/mol. The lowest BCUT2D eigenvalue weighted by molar-refractivity contribution is 0.0363. The van der Waals surface area contributed by atoms with E-state index in [0.29, 0.717) is 13.1 Å². The molecule has 0 saturated carbocycles. The second-order valence-electron chi connectivity index (χ2n) is 6.50. The zero-order valence-electron chi connectivity index (χ0n) is 13.8. The van der Waals surface area contributed by atoms with Gasteiger partial charge in [-0.25, -0.2) is 4.79 Å². The molecule has 1 amide bonds. The Hall–Kier alpha value is -2.05. The Morgan fingerprint density at radius 3 is 2.71 bits per heavy atom. The van der Waals surface area contributed by atoms with Crippen LogP contribution in [0.3, 0.4) is 0 Å². The summed E-state index contributed by atoms with van der Waals surface area (Å²) >= 11 is 0. The van der Waals surface area contributed by atoms with Crippen molar-refractivity contribution in [2.24, 2.45) is 0 Å². The van der Waals surface area contributed by atoms with Crippen LogP contribution in [0.2, 0.25) is 0 Å². The van der Waals surface area contributed by atoms with Gasteiger partial charge in [0.05, 0.1) is 19.8 Å². The molecule has 0 radical (unpaired) electrons. The van der Waals surface area contributed by atoms with Crippen molar-refractivity contribution in [3.8, 4) is 0 Å². The fourth-order valence-corrected chi connectivity index (χ4v) is 3.88. The van der Waals surface area contributed by atoms with Crippen LogP contribution in [0, 0.1) is 0 Å². The molecule has 6 heteroatoms. The molecule has 2 aliphatic heterocycles. The van der Waals surface area contributed by atoms with E-state index in [1.807, 2.05) is 0 Å². The molecule has 1 N–H and O–H groups in total. The number of hydrogen-bond donors (Lipinski definition) is 1. The quantitative estimate of drug-likeness (QED) is 0.936. The van der Waals surface area contributed by atoms with E-state index < -0.39 is 6.09 Å². The van der Waals surface area contributed by atoms with Crippen molar-refractivity contribution in [3.05, 3.63) is 35.5 Å². The Balaban J connectivity index is 1.65. The van der Waals surface area contributed by atoms with Gasteiger partial charge in [0.15, 0.2) is 0 Å². The van der Waals surface area contributed by atoms with Crippen molar-refractivity contribution >= 4 is 17.0 Å². The van der Waals surface area contributed by atoms with E-state index in [1.165, 1.54) is 21.4 Å². The third-order valence-corrected chi connectivity index (χ3v) is 5.18. The molecule has 0 spiro atoms. The summed E-state index contributed by atoms with van der Waals surface area (Å²) in [5.74, 6) is 0.